The zero-order valence-electron chi connectivity index (χ0n) is 13.0. The molecule has 22 heavy (non-hydrogen) atoms. The van der Waals surface area contributed by atoms with Gasteiger partial charge in [-0.05, 0) is 50.3 Å². The van der Waals surface area contributed by atoms with Crippen molar-refractivity contribution >= 4 is 29.8 Å². The standard InChI is InChI=1S/C16H24N4O.ClH/c1-12-6-7-17-14(10-12)16(21)19-13-4-5-15(18-11-13)20-8-2-3-9-20;/h4-5,11-12,14,17H,2-3,6-10H2,1H3,(H,19,21);1H. The van der Waals surface area contributed by atoms with Crippen molar-refractivity contribution in [3.8, 4) is 0 Å². The molecular formula is C16H25ClN4O. The lowest BCUT2D eigenvalue weighted by Gasteiger charge is -2.27. The zero-order chi connectivity index (χ0) is 14.7. The summed E-state index contributed by atoms with van der Waals surface area (Å²) >= 11 is 0. The highest BCUT2D eigenvalue weighted by Crippen LogP contribution is 2.20. The van der Waals surface area contributed by atoms with Crippen LogP contribution in [0, 0.1) is 5.92 Å². The highest BCUT2D eigenvalue weighted by Gasteiger charge is 2.24. The highest BCUT2D eigenvalue weighted by molar-refractivity contribution is 5.94. The molecule has 2 aliphatic heterocycles. The van der Waals surface area contributed by atoms with Crippen LogP contribution in [-0.4, -0.2) is 36.6 Å². The zero-order valence-corrected chi connectivity index (χ0v) is 13.9. The average molecular weight is 325 g/mol. The monoisotopic (exact) mass is 324 g/mol. The van der Waals surface area contributed by atoms with Gasteiger partial charge in [0.25, 0.3) is 0 Å². The van der Waals surface area contributed by atoms with Crippen molar-refractivity contribution in [2.24, 2.45) is 5.92 Å². The number of aromatic nitrogens is 1. The molecule has 3 heterocycles. The quantitative estimate of drug-likeness (QED) is 0.896. The van der Waals surface area contributed by atoms with Gasteiger partial charge in [-0.2, -0.15) is 0 Å². The van der Waals surface area contributed by atoms with Crippen LogP contribution in [-0.2, 0) is 4.79 Å². The predicted molar refractivity (Wildman–Crippen MR) is 91.8 cm³/mol. The third-order valence-electron chi connectivity index (χ3n) is 4.43. The maximum absolute atomic E-state index is 12.2. The second kappa shape index (κ2) is 7.79. The van der Waals surface area contributed by atoms with Crippen LogP contribution >= 0.6 is 12.4 Å². The lowest BCUT2D eigenvalue weighted by Crippen LogP contribution is -2.45. The van der Waals surface area contributed by atoms with Gasteiger partial charge in [0.05, 0.1) is 17.9 Å². The Bertz CT molecular complexity index is 487. The molecule has 2 unspecified atom stereocenters. The lowest BCUT2D eigenvalue weighted by atomic mass is 9.94. The minimum absolute atomic E-state index is 0. The molecular weight excluding hydrogens is 300 g/mol. The van der Waals surface area contributed by atoms with Crippen LogP contribution in [0.25, 0.3) is 0 Å². The first-order chi connectivity index (χ1) is 10.2. The van der Waals surface area contributed by atoms with E-state index in [1.165, 1.54) is 12.8 Å². The molecule has 2 N–H and O–H groups in total. The van der Waals surface area contributed by atoms with Crippen LogP contribution in [0.1, 0.15) is 32.6 Å². The summed E-state index contributed by atoms with van der Waals surface area (Å²) < 4.78 is 0. The number of nitrogens with zero attached hydrogens (tertiary/aromatic N) is 2. The Hall–Kier alpha value is -1.33. The van der Waals surface area contributed by atoms with Gasteiger partial charge < -0.3 is 15.5 Å². The van der Waals surface area contributed by atoms with E-state index in [1.807, 2.05) is 12.1 Å². The van der Waals surface area contributed by atoms with E-state index in [1.54, 1.807) is 6.20 Å². The Morgan fingerprint density at radius 3 is 2.77 bits per heavy atom. The van der Waals surface area contributed by atoms with Crippen molar-refractivity contribution in [3.63, 3.8) is 0 Å². The van der Waals surface area contributed by atoms with Crippen molar-refractivity contribution in [2.45, 2.75) is 38.6 Å². The van der Waals surface area contributed by atoms with E-state index in [-0.39, 0.29) is 24.4 Å². The first-order valence-corrected chi connectivity index (χ1v) is 7.97. The molecule has 0 aliphatic carbocycles. The maximum atomic E-state index is 12.2. The summed E-state index contributed by atoms with van der Waals surface area (Å²) in [5.41, 5.74) is 0.781. The molecule has 0 spiro atoms. The minimum Gasteiger partial charge on any atom is -0.357 e. The molecule has 6 heteroatoms. The smallest absolute Gasteiger partial charge is 0.241 e. The predicted octanol–water partition coefficient (Wildman–Crippen LogP) is 2.43. The van der Waals surface area contributed by atoms with Crippen molar-refractivity contribution in [3.05, 3.63) is 18.3 Å². The molecule has 2 aliphatic rings. The molecule has 2 saturated heterocycles. The summed E-state index contributed by atoms with van der Waals surface area (Å²) in [6.45, 7) is 5.30. The summed E-state index contributed by atoms with van der Waals surface area (Å²) in [6, 6.07) is 3.87. The van der Waals surface area contributed by atoms with Crippen LogP contribution in [0.15, 0.2) is 18.3 Å². The lowest BCUT2D eigenvalue weighted by molar-refractivity contribution is -0.119. The van der Waals surface area contributed by atoms with Crippen LogP contribution in [0.2, 0.25) is 0 Å². The summed E-state index contributed by atoms with van der Waals surface area (Å²) in [5, 5.41) is 6.25. The second-order valence-corrected chi connectivity index (χ2v) is 6.22. The summed E-state index contributed by atoms with van der Waals surface area (Å²) in [6.07, 6.45) is 6.30. The second-order valence-electron chi connectivity index (χ2n) is 6.22. The molecule has 0 aromatic carbocycles. The van der Waals surface area contributed by atoms with Gasteiger partial charge in [0.1, 0.15) is 5.82 Å². The largest absolute Gasteiger partial charge is 0.357 e. The van der Waals surface area contributed by atoms with Crippen LogP contribution in [0.4, 0.5) is 11.5 Å². The first-order valence-electron chi connectivity index (χ1n) is 7.97. The number of rotatable bonds is 3. The van der Waals surface area contributed by atoms with Crippen molar-refractivity contribution < 1.29 is 4.79 Å². The minimum atomic E-state index is -0.0768. The summed E-state index contributed by atoms with van der Waals surface area (Å²) in [5.74, 6) is 1.67. The number of anilines is 2. The number of piperidine rings is 1. The molecule has 3 rings (SSSR count). The van der Waals surface area contributed by atoms with Gasteiger partial charge in [-0.3, -0.25) is 4.79 Å². The Balaban J connectivity index is 0.00000176. The molecule has 0 radical (unpaired) electrons. The molecule has 1 amide bonds. The number of pyridine rings is 1. The summed E-state index contributed by atoms with van der Waals surface area (Å²) in [4.78, 5) is 19.0. The molecule has 1 aromatic heterocycles. The van der Waals surface area contributed by atoms with E-state index < -0.39 is 0 Å². The van der Waals surface area contributed by atoms with Gasteiger partial charge in [0, 0.05) is 13.1 Å². The molecule has 0 bridgehead atoms. The van der Waals surface area contributed by atoms with Gasteiger partial charge in [-0.25, -0.2) is 4.98 Å². The molecule has 2 fully saturated rings. The van der Waals surface area contributed by atoms with E-state index in [0.717, 1.165) is 44.0 Å². The van der Waals surface area contributed by atoms with Crippen LogP contribution < -0.4 is 15.5 Å². The Kier molecular flexibility index (Phi) is 6.03. The fourth-order valence-corrected chi connectivity index (χ4v) is 3.13. The number of hydrogen-bond acceptors (Lipinski definition) is 4. The fourth-order valence-electron chi connectivity index (χ4n) is 3.13. The topological polar surface area (TPSA) is 57.3 Å². The highest BCUT2D eigenvalue weighted by atomic mass is 35.5. The van der Waals surface area contributed by atoms with Crippen molar-refractivity contribution in [1.29, 1.82) is 0 Å². The Morgan fingerprint density at radius 2 is 2.14 bits per heavy atom. The van der Waals surface area contributed by atoms with E-state index >= 15 is 0 Å². The maximum Gasteiger partial charge on any atom is 0.241 e. The number of amides is 1. The number of hydrogen-bond donors (Lipinski definition) is 2. The van der Waals surface area contributed by atoms with E-state index in [9.17, 15) is 4.79 Å². The Morgan fingerprint density at radius 1 is 1.36 bits per heavy atom. The Labute approximate surface area is 138 Å². The van der Waals surface area contributed by atoms with Crippen LogP contribution in [0.3, 0.4) is 0 Å². The molecule has 5 nitrogen and oxygen atoms in total. The van der Waals surface area contributed by atoms with E-state index in [0.29, 0.717) is 5.92 Å². The van der Waals surface area contributed by atoms with Gasteiger partial charge in [-0.1, -0.05) is 6.92 Å². The first kappa shape index (κ1) is 17.0. The number of nitrogens with one attached hydrogen (secondary N) is 2. The van der Waals surface area contributed by atoms with Gasteiger partial charge in [-0.15, -0.1) is 12.4 Å². The third-order valence-corrected chi connectivity index (χ3v) is 4.43. The van der Waals surface area contributed by atoms with Gasteiger partial charge in [0.2, 0.25) is 5.91 Å². The normalized spacial score (nSPS) is 24.7. The van der Waals surface area contributed by atoms with E-state index in [2.05, 4.69) is 27.4 Å². The molecule has 1 aromatic rings. The fraction of sp³-hybridized carbons (Fsp3) is 0.625. The van der Waals surface area contributed by atoms with Crippen molar-refractivity contribution in [2.75, 3.05) is 29.9 Å². The third kappa shape index (κ3) is 4.11. The van der Waals surface area contributed by atoms with E-state index in [4.69, 9.17) is 0 Å². The number of carbonyl (C=O) groups is 1. The number of carbonyl (C=O) groups excluding carboxylic acids is 1. The number of halogens is 1. The van der Waals surface area contributed by atoms with Crippen molar-refractivity contribution in [1.82, 2.24) is 10.3 Å². The molecule has 2 atom stereocenters. The van der Waals surface area contributed by atoms with Gasteiger partial charge >= 0.3 is 0 Å². The SMILES string of the molecule is CC1CCNC(C(=O)Nc2ccc(N3CCCC3)nc2)C1.Cl. The molecule has 0 saturated carbocycles. The van der Waals surface area contributed by atoms with Gasteiger partial charge in [0.15, 0.2) is 0 Å². The molecule has 122 valence electrons. The average Bonchev–Trinajstić information content (AvgIpc) is 3.02. The van der Waals surface area contributed by atoms with Crippen LogP contribution in [0.5, 0.6) is 0 Å². The summed E-state index contributed by atoms with van der Waals surface area (Å²) in [7, 11) is 0.